The molecule has 2 nitrogen and oxygen atoms in total. The van der Waals surface area contributed by atoms with Crippen LogP contribution < -0.4 is 10.6 Å². The van der Waals surface area contributed by atoms with Crippen LogP contribution in [0.4, 0.5) is 5.69 Å². The Kier molecular flexibility index (Phi) is 5.79. The van der Waals surface area contributed by atoms with E-state index in [1.807, 2.05) is 13.0 Å². The summed E-state index contributed by atoms with van der Waals surface area (Å²) in [6.07, 6.45) is 3.71. The Morgan fingerprint density at radius 2 is 2.06 bits per heavy atom. The highest BCUT2D eigenvalue weighted by molar-refractivity contribution is 6.33. The molecule has 0 aliphatic heterocycles. The van der Waals surface area contributed by atoms with Crippen LogP contribution >= 0.6 is 11.6 Å². The average Bonchev–Trinajstić information content (AvgIpc) is 2.28. The summed E-state index contributed by atoms with van der Waals surface area (Å²) >= 11 is 6.28. The summed E-state index contributed by atoms with van der Waals surface area (Å²) in [5, 5.41) is 0.791. The maximum Gasteiger partial charge on any atom is 0.0642 e. The standard InChI is InChI=1S/C14H23ClN2/c1-4-5-6-9-17(3)14-8-7-12(11(2)16)10-13(14)15/h7-8,10-11H,4-6,9,16H2,1-3H3/t11-/m1/s1. The molecule has 0 saturated carbocycles. The van der Waals surface area contributed by atoms with Crippen LogP contribution in [0.1, 0.15) is 44.7 Å². The van der Waals surface area contributed by atoms with E-state index in [1.165, 1.54) is 19.3 Å². The predicted molar refractivity (Wildman–Crippen MR) is 76.8 cm³/mol. The fourth-order valence-electron chi connectivity index (χ4n) is 1.84. The van der Waals surface area contributed by atoms with Crippen LogP contribution in [0.25, 0.3) is 0 Å². The van der Waals surface area contributed by atoms with Gasteiger partial charge in [0.25, 0.3) is 0 Å². The number of nitrogens with zero attached hydrogens (tertiary/aromatic N) is 1. The van der Waals surface area contributed by atoms with Gasteiger partial charge in [0.1, 0.15) is 0 Å². The molecule has 96 valence electrons. The van der Waals surface area contributed by atoms with Crippen LogP contribution in [0.15, 0.2) is 18.2 Å². The number of rotatable bonds is 6. The van der Waals surface area contributed by atoms with Crippen molar-refractivity contribution in [1.29, 1.82) is 0 Å². The third kappa shape index (κ3) is 4.21. The molecule has 1 rings (SSSR count). The van der Waals surface area contributed by atoms with Crippen LogP contribution in [0.3, 0.4) is 0 Å². The lowest BCUT2D eigenvalue weighted by molar-refractivity contribution is 0.705. The minimum atomic E-state index is 0.0342. The Morgan fingerprint density at radius 1 is 1.35 bits per heavy atom. The van der Waals surface area contributed by atoms with Gasteiger partial charge in [-0.2, -0.15) is 0 Å². The number of hydrogen-bond donors (Lipinski definition) is 1. The first-order valence-electron chi connectivity index (χ1n) is 6.32. The van der Waals surface area contributed by atoms with Gasteiger partial charge in [0.05, 0.1) is 10.7 Å². The number of hydrogen-bond acceptors (Lipinski definition) is 2. The Hall–Kier alpha value is -0.730. The van der Waals surface area contributed by atoms with Gasteiger partial charge >= 0.3 is 0 Å². The first-order valence-corrected chi connectivity index (χ1v) is 6.70. The molecular weight excluding hydrogens is 232 g/mol. The molecule has 0 spiro atoms. The average molecular weight is 255 g/mol. The highest BCUT2D eigenvalue weighted by Crippen LogP contribution is 2.28. The van der Waals surface area contributed by atoms with Crippen molar-refractivity contribution in [3.8, 4) is 0 Å². The quantitative estimate of drug-likeness (QED) is 0.778. The van der Waals surface area contributed by atoms with Gasteiger partial charge in [0, 0.05) is 19.6 Å². The molecule has 2 N–H and O–H groups in total. The van der Waals surface area contributed by atoms with Crippen molar-refractivity contribution in [3.05, 3.63) is 28.8 Å². The van der Waals surface area contributed by atoms with Gasteiger partial charge in [-0.05, 0) is 31.0 Å². The minimum Gasteiger partial charge on any atom is -0.373 e. The van der Waals surface area contributed by atoms with E-state index in [-0.39, 0.29) is 6.04 Å². The number of unbranched alkanes of at least 4 members (excludes halogenated alkanes) is 2. The molecule has 0 aliphatic carbocycles. The lowest BCUT2D eigenvalue weighted by atomic mass is 10.1. The van der Waals surface area contributed by atoms with Crippen molar-refractivity contribution < 1.29 is 0 Å². The number of nitrogens with two attached hydrogens (primary N) is 1. The van der Waals surface area contributed by atoms with Crippen molar-refractivity contribution in [3.63, 3.8) is 0 Å². The molecule has 0 amide bonds. The summed E-state index contributed by atoms with van der Waals surface area (Å²) in [5.41, 5.74) is 8.01. The van der Waals surface area contributed by atoms with Crippen LogP contribution in [-0.2, 0) is 0 Å². The summed E-state index contributed by atoms with van der Waals surface area (Å²) in [5.74, 6) is 0. The maximum absolute atomic E-state index is 6.28. The second-order valence-corrected chi connectivity index (χ2v) is 5.04. The Bertz CT molecular complexity index is 350. The van der Waals surface area contributed by atoms with Crippen molar-refractivity contribution in [2.24, 2.45) is 5.73 Å². The van der Waals surface area contributed by atoms with Crippen molar-refractivity contribution >= 4 is 17.3 Å². The van der Waals surface area contributed by atoms with E-state index >= 15 is 0 Å². The van der Waals surface area contributed by atoms with E-state index < -0.39 is 0 Å². The number of anilines is 1. The highest BCUT2D eigenvalue weighted by atomic mass is 35.5. The summed E-state index contributed by atoms with van der Waals surface area (Å²) < 4.78 is 0. The highest BCUT2D eigenvalue weighted by Gasteiger charge is 2.08. The third-order valence-electron chi connectivity index (χ3n) is 3.01. The topological polar surface area (TPSA) is 29.3 Å². The van der Waals surface area contributed by atoms with E-state index in [4.69, 9.17) is 17.3 Å². The molecule has 17 heavy (non-hydrogen) atoms. The third-order valence-corrected chi connectivity index (χ3v) is 3.31. The van der Waals surface area contributed by atoms with Crippen molar-refractivity contribution in [2.75, 3.05) is 18.5 Å². The lowest BCUT2D eigenvalue weighted by Crippen LogP contribution is -2.19. The van der Waals surface area contributed by atoms with Crippen LogP contribution in [0.2, 0.25) is 5.02 Å². The van der Waals surface area contributed by atoms with Gasteiger partial charge in [-0.15, -0.1) is 0 Å². The lowest BCUT2D eigenvalue weighted by Gasteiger charge is -2.21. The van der Waals surface area contributed by atoms with Crippen molar-refractivity contribution in [1.82, 2.24) is 0 Å². The molecule has 1 aromatic rings. The van der Waals surface area contributed by atoms with Gasteiger partial charge in [0.2, 0.25) is 0 Å². The fraction of sp³-hybridized carbons (Fsp3) is 0.571. The Balaban J connectivity index is 2.70. The molecule has 0 heterocycles. The maximum atomic E-state index is 6.28. The zero-order valence-corrected chi connectivity index (χ0v) is 11.8. The van der Waals surface area contributed by atoms with Crippen LogP contribution in [0, 0.1) is 0 Å². The molecule has 1 aromatic carbocycles. The molecular formula is C14H23ClN2. The molecule has 0 aromatic heterocycles. The van der Waals surface area contributed by atoms with Gasteiger partial charge < -0.3 is 10.6 Å². The van der Waals surface area contributed by atoms with Crippen LogP contribution in [0.5, 0.6) is 0 Å². The minimum absolute atomic E-state index is 0.0342. The number of benzene rings is 1. The first kappa shape index (κ1) is 14.3. The second kappa shape index (κ2) is 6.87. The van der Waals surface area contributed by atoms with Gasteiger partial charge in [-0.1, -0.05) is 37.4 Å². The van der Waals surface area contributed by atoms with Crippen molar-refractivity contribution in [2.45, 2.75) is 39.2 Å². The summed E-state index contributed by atoms with van der Waals surface area (Å²) in [4.78, 5) is 2.21. The van der Waals surface area contributed by atoms with E-state index in [9.17, 15) is 0 Å². The molecule has 0 unspecified atom stereocenters. The van der Waals surface area contributed by atoms with E-state index in [2.05, 4.69) is 31.0 Å². The fourth-order valence-corrected chi connectivity index (χ4v) is 2.17. The summed E-state index contributed by atoms with van der Waals surface area (Å²) in [7, 11) is 2.09. The van der Waals surface area contributed by atoms with E-state index in [1.54, 1.807) is 0 Å². The molecule has 0 fully saturated rings. The molecule has 1 atom stereocenters. The SMILES string of the molecule is CCCCCN(C)c1ccc([C@@H](C)N)cc1Cl. The molecule has 0 saturated heterocycles. The molecule has 0 radical (unpaired) electrons. The van der Waals surface area contributed by atoms with Gasteiger partial charge in [-0.25, -0.2) is 0 Å². The monoisotopic (exact) mass is 254 g/mol. The van der Waals surface area contributed by atoms with Gasteiger partial charge in [-0.3, -0.25) is 0 Å². The molecule has 3 heteroatoms. The molecule has 0 aliphatic rings. The largest absolute Gasteiger partial charge is 0.373 e. The predicted octanol–water partition coefficient (Wildman–Crippen LogP) is 3.99. The normalized spacial score (nSPS) is 12.5. The van der Waals surface area contributed by atoms with Crippen LogP contribution in [-0.4, -0.2) is 13.6 Å². The Morgan fingerprint density at radius 3 is 2.59 bits per heavy atom. The number of halogens is 1. The zero-order valence-electron chi connectivity index (χ0n) is 11.0. The van der Waals surface area contributed by atoms with E-state index in [0.29, 0.717) is 0 Å². The van der Waals surface area contributed by atoms with E-state index in [0.717, 1.165) is 22.8 Å². The molecule has 0 bridgehead atoms. The Labute approximate surface area is 110 Å². The van der Waals surface area contributed by atoms with Gasteiger partial charge in [0.15, 0.2) is 0 Å². The summed E-state index contributed by atoms with van der Waals surface area (Å²) in [6.45, 7) is 5.23. The second-order valence-electron chi connectivity index (χ2n) is 4.63. The zero-order chi connectivity index (χ0) is 12.8. The summed E-state index contributed by atoms with van der Waals surface area (Å²) in [6, 6.07) is 6.12. The first-order chi connectivity index (χ1) is 8.06. The smallest absolute Gasteiger partial charge is 0.0642 e.